The van der Waals surface area contributed by atoms with E-state index in [4.69, 9.17) is 11.0 Å². The summed E-state index contributed by atoms with van der Waals surface area (Å²) >= 11 is 0. The standard InChI is InChI=1S/C8H4F2N4O3/c9-7(10)4-1-3(2-11)6(14(16)17)5(13-4)8(12)15/h1,7H,(H2,12,15). The van der Waals surface area contributed by atoms with Gasteiger partial charge >= 0.3 is 5.69 Å². The van der Waals surface area contributed by atoms with Crippen molar-refractivity contribution in [1.82, 2.24) is 4.98 Å². The molecule has 0 unspecified atom stereocenters. The fourth-order valence-electron chi connectivity index (χ4n) is 1.11. The molecule has 0 aliphatic carbocycles. The van der Waals surface area contributed by atoms with E-state index in [1.807, 2.05) is 0 Å². The maximum atomic E-state index is 12.4. The molecule has 0 fully saturated rings. The van der Waals surface area contributed by atoms with Crippen LogP contribution in [0.1, 0.15) is 28.2 Å². The number of amides is 1. The highest BCUT2D eigenvalue weighted by Crippen LogP contribution is 2.26. The second-order valence-corrected chi connectivity index (χ2v) is 2.83. The molecule has 1 aromatic rings. The summed E-state index contributed by atoms with van der Waals surface area (Å²) in [6.45, 7) is 0. The predicted molar refractivity (Wildman–Crippen MR) is 49.1 cm³/mol. The van der Waals surface area contributed by atoms with Crippen molar-refractivity contribution in [3.05, 3.63) is 33.1 Å². The van der Waals surface area contributed by atoms with Crippen LogP contribution in [0.4, 0.5) is 14.5 Å². The van der Waals surface area contributed by atoms with Crippen LogP contribution in [0.5, 0.6) is 0 Å². The minimum Gasteiger partial charge on any atom is -0.364 e. The maximum absolute atomic E-state index is 12.4. The molecular formula is C8H4F2N4O3. The molecule has 0 saturated carbocycles. The Bertz CT molecular complexity index is 538. The summed E-state index contributed by atoms with van der Waals surface area (Å²) in [7, 11) is 0. The molecule has 0 saturated heterocycles. The number of nitrogens with zero attached hydrogens (tertiary/aromatic N) is 3. The Balaban J connectivity index is 3.65. The summed E-state index contributed by atoms with van der Waals surface area (Å²) in [6.07, 6.45) is -3.07. The number of nitriles is 1. The molecule has 0 bridgehead atoms. The number of carbonyl (C=O) groups is 1. The number of rotatable bonds is 3. The van der Waals surface area contributed by atoms with E-state index >= 15 is 0 Å². The molecule has 0 atom stereocenters. The number of nitrogens with two attached hydrogens (primary N) is 1. The number of carbonyl (C=O) groups excluding carboxylic acids is 1. The molecule has 9 heteroatoms. The average molecular weight is 242 g/mol. The molecule has 0 spiro atoms. The normalized spacial score (nSPS) is 10.0. The second-order valence-electron chi connectivity index (χ2n) is 2.83. The van der Waals surface area contributed by atoms with Gasteiger partial charge < -0.3 is 5.73 Å². The van der Waals surface area contributed by atoms with Crippen molar-refractivity contribution in [3.63, 3.8) is 0 Å². The van der Waals surface area contributed by atoms with Gasteiger partial charge in [-0.2, -0.15) is 5.26 Å². The summed E-state index contributed by atoms with van der Waals surface area (Å²) < 4.78 is 24.7. The summed E-state index contributed by atoms with van der Waals surface area (Å²) in [5, 5.41) is 19.2. The minimum absolute atomic E-state index is 0.551. The number of hydrogen-bond acceptors (Lipinski definition) is 5. The lowest BCUT2D eigenvalue weighted by Crippen LogP contribution is -2.17. The minimum atomic E-state index is -3.07. The van der Waals surface area contributed by atoms with Crippen molar-refractivity contribution in [2.45, 2.75) is 6.43 Å². The van der Waals surface area contributed by atoms with Crippen LogP contribution in [0.3, 0.4) is 0 Å². The van der Waals surface area contributed by atoms with Gasteiger partial charge in [-0.1, -0.05) is 0 Å². The van der Waals surface area contributed by atoms with E-state index in [-0.39, 0.29) is 0 Å². The van der Waals surface area contributed by atoms with Gasteiger partial charge in [-0.15, -0.1) is 0 Å². The molecular weight excluding hydrogens is 238 g/mol. The number of aromatic nitrogens is 1. The second kappa shape index (κ2) is 4.48. The SMILES string of the molecule is N#Cc1cc(C(F)F)nc(C(N)=O)c1[N+](=O)[O-]. The Morgan fingerprint density at radius 1 is 1.65 bits per heavy atom. The van der Waals surface area contributed by atoms with E-state index in [2.05, 4.69) is 4.98 Å². The van der Waals surface area contributed by atoms with Gasteiger partial charge in [0.25, 0.3) is 12.3 Å². The number of alkyl halides is 2. The molecule has 0 aromatic carbocycles. The molecule has 0 radical (unpaired) electrons. The van der Waals surface area contributed by atoms with Crippen molar-refractivity contribution in [2.24, 2.45) is 5.73 Å². The van der Waals surface area contributed by atoms with Crippen LogP contribution in [-0.4, -0.2) is 15.8 Å². The number of nitro groups is 1. The number of halogens is 2. The first-order valence-electron chi connectivity index (χ1n) is 4.05. The summed E-state index contributed by atoms with van der Waals surface area (Å²) in [5.41, 5.74) is 1.26. The van der Waals surface area contributed by atoms with E-state index in [1.54, 1.807) is 0 Å². The zero-order chi connectivity index (χ0) is 13.2. The lowest BCUT2D eigenvalue weighted by molar-refractivity contribution is -0.385. The van der Waals surface area contributed by atoms with E-state index in [9.17, 15) is 23.7 Å². The first-order chi connectivity index (χ1) is 7.88. The van der Waals surface area contributed by atoms with E-state index in [0.29, 0.717) is 6.07 Å². The zero-order valence-corrected chi connectivity index (χ0v) is 8.05. The van der Waals surface area contributed by atoms with Gasteiger partial charge in [0.15, 0.2) is 0 Å². The first kappa shape index (κ1) is 12.4. The van der Waals surface area contributed by atoms with Crippen LogP contribution in [0.25, 0.3) is 0 Å². The van der Waals surface area contributed by atoms with Gasteiger partial charge in [-0.25, -0.2) is 13.8 Å². The van der Waals surface area contributed by atoms with Crippen molar-refractivity contribution < 1.29 is 18.5 Å². The van der Waals surface area contributed by atoms with E-state index in [1.165, 1.54) is 6.07 Å². The Morgan fingerprint density at radius 3 is 2.59 bits per heavy atom. The predicted octanol–water partition coefficient (Wildman–Crippen LogP) is 0.898. The quantitative estimate of drug-likeness (QED) is 0.622. The third kappa shape index (κ3) is 2.31. The fourth-order valence-corrected chi connectivity index (χ4v) is 1.11. The van der Waals surface area contributed by atoms with Gasteiger partial charge in [0.1, 0.15) is 17.3 Å². The Labute approximate surface area is 92.6 Å². The third-order valence-corrected chi connectivity index (χ3v) is 1.77. The summed E-state index contributed by atoms with van der Waals surface area (Å²) in [4.78, 5) is 23.5. The summed E-state index contributed by atoms with van der Waals surface area (Å²) in [6, 6.07) is 1.90. The molecule has 1 rings (SSSR count). The molecule has 0 aliphatic rings. The van der Waals surface area contributed by atoms with Crippen LogP contribution in [0, 0.1) is 21.4 Å². The Morgan fingerprint density at radius 2 is 2.24 bits per heavy atom. The van der Waals surface area contributed by atoms with Crippen LogP contribution >= 0.6 is 0 Å². The number of primary amides is 1. The monoisotopic (exact) mass is 242 g/mol. The van der Waals surface area contributed by atoms with Gasteiger partial charge in [0.05, 0.1) is 4.92 Å². The molecule has 1 aromatic heterocycles. The van der Waals surface area contributed by atoms with Crippen LogP contribution in [0.2, 0.25) is 0 Å². The topological polar surface area (TPSA) is 123 Å². The van der Waals surface area contributed by atoms with E-state index < -0.39 is 39.9 Å². The Kier molecular flexibility index (Phi) is 3.28. The average Bonchev–Trinajstić information content (AvgIpc) is 2.26. The fraction of sp³-hybridized carbons (Fsp3) is 0.125. The molecule has 1 heterocycles. The van der Waals surface area contributed by atoms with E-state index in [0.717, 1.165) is 0 Å². The van der Waals surface area contributed by atoms with Crippen molar-refractivity contribution in [2.75, 3.05) is 0 Å². The number of hydrogen-bond donors (Lipinski definition) is 1. The molecule has 7 nitrogen and oxygen atoms in total. The van der Waals surface area contributed by atoms with Crippen molar-refractivity contribution in [3.8, 4) is 6.07 Å². The van der Waals surface area contributed by atoms with Crippen molar-refractivity contribution in [1.29, 1.82) is 5.26 Å². The van der Waals surface area contributed by atoms with Crippen LogP contribution in [0.15, 0.2) is 6.07 Å². The molecule has 1 amide bonds. The Hall–Kier alpha value is -2.63. The lowest BCUT2D eigenvalue weighted by atomic mass is 10.1. The van der Waals surface area contributed by atoms with Crippen molar-refractivity contribution >= 4 is 11.6 Å². The largest absolute Gasteiger partial charge is 0.364 e. The van der Waals surface area contributed by atoms with Crippen LogP contribution in [-0.2, 0) is 0 Å². The zero-order valence-electron chi connectivity index (χ0n) is 8.05. The maximum Gasteiger partial charge on any atom is 0.318 e. The highest BCUT2D eigenvalue weighted by Gasteiger charge is 2.28. The van der Waals surface area contributed by atoms with Gasteiger partial charge in [0, 0.05) is 0 Å². The molecule has 0 aliphatic heterocycles. The molecule has 17 heavy (non-hydrogen) atoms. The lowest BCUT2D eigenvalue weighted by Gasteiger charge is -2.03. The van der Waals surface area contributed by atoms with Crippen LogP contribution < -0.4 is 5.73 Å². The third-order valence-electron chi connectivity index (χ3n) is 1.77. The van der Waals surface area contributed by atoms with Gasteiger partial charge in [-0.05, 0) is 6.07 Å². The molecule has 88 valence electrons. The van der Waals surface area contributed by atoms with Gasteiger partial charge in [0.2, 0.25) is 5.69 Å². The number of pyridine rings is 1. The smallest absolute Gasteiger partial charge is 0.318 e. The highest BCUT2D eigenvalue weighted by atomic mass is 19.3. The van der Waals surface area contributed by atoms with Gasteiger partial charge in [-0.3, -0.25) is 14.9 Å². The highest BCUT2D eigenvalue weighted by molar-refractivity contribution is 5.95. The first-order valence-corrected chi connectivity index (χ1v) is 4.05. The molecule has 2 N–H and O–H groups in total. The summed E-state index contributed by atoms with van der Waals surface area (Å²) in [5.74, 6) is -1.35.